The molecule has 2 amide bonds. The van der Waals surface area contributed by atoms with Gasteiger partial charge in [-0.25, -0.2) is 4.98 Å². The molecular weight excluding hydrogens is 548 g/mol. The van der Waals surface area contributed by atoms with E-state index < -0.39 is 29.5 Å². The van der Waals surface area contributed by atoms with Crippen molar-refractivity contribution in [1.82, 2.24) is 15.2 Å². The van der Waals surface area contributed by atoms with Crippen LogP contribution in [0.4, 0.5) is 0 Å². The van der Waals surface area contributed by atoms with Gasteiger partial charge in [-0.05, 0) is 50.3 Å². The van der Waals surface area contributed by atoms with Crippen LogP contribution in [0.5, 0.6) is 0 Å². The maximum absolute atomic E-state index is 13.9. The molecule has 1 saturated heterocycles. The van der Waals surface area contributed by atoms with Crippen molar-refractivity contribution < 1.29 is 19.4 Å². The van der Waals surface area contributed by atoms with Gasteiger partial charge >= 0.3 is 0 Å². The van der Waals surface area contributed by atoms with E-state index in [1.807, 2.05) is 71.8 Å². The van der Waals surface area contributed by atoms with Gasteiger partial charge in [0.2, 0.25) is 11.8 Å². The summed E-state index contributed by atoms with van der Waals surface area (Å²) in [6.07, 6.45) is 7.58. The van der Waals surface area contributed by atoms with Gasteiger partial charge in [0.25, 0.3) is 0 Å². The van der Waals surface area contributed by atoms with E-state index >= 15 is 0 Å². The van der Waals surface area contributed by atoms with E-state index in [-0.39, 0.29) is 18.6 Å². The zero-order valence-electron chi connectivity index (χ0n) is 24.6. The number of aromatic nitrogens is 1. The standard InChI is InChI=1S/C33H42N4O4S/c1-23(34)30(39)36-29(24(2)41-21-25-9-5-4-6-10-25)32(40)37-17-8-13-28(37)14-15-33(3,22-38)20-26-11-7-12-27(19-26)31-35-16-18-42-31/h4-7,9-12,14-16,18-19,23-24,28-29,38H,8,13,17,20-22,34H2,1-3H3,(H,36,39)/b15-14+/t23-,24?,28-,29-,33-/m0/s1. The predicted octanol–water partition coefficient (Wildman–Crippen LogP) is 4.34. The lowest BCUT2D eigenvalue weighted by Gasteiger charge is -2.32. The number of hydrogen-bond acceptors (Lipinski definition) is 7. The second-order valence-electron chi connectivity index (χ2n) is 11.4. The van der Waals surface area contributed by atoms with Crippen LogP contribution in [-0.2, 0) is 27.4 Å². The van der Waals surface area contributed by atoms with E-state index in [1.165, 1.54) is 0 Å². The largest absolute Gasteiger partial charge is 0.395 e. The molecule has 0 saturated carbocycles. The van der Waals surface area contributed by atoms with Crippen LogP contribution in [0, 0.1) is 5.41 Å². The van der Waals surface area contributed by atoms with Crippen molar-refractivity contribution in [1.29, 1.82) is 0 Å². The summed E-state index contributed by atoms with van der Waals surface area (Å²) in [5.74, 6) is -0.596. The summed E-state index contributed by atoms with van der Waals surface area (Å²) < 4.78 is 6.06. The summed E-state index contributed by atoms with van der Waals surface area (Å²) in [6, 6.07) is 16.2. The van der Waals surface area contributed by atoms with Crippen molar-refractivity contribution in [2.75, 3.05) is 13.2 Å². The van der Waals surface area contributed by atoms with Gasteiger partial charge in [-0.15, -0.1) is 11.3 Å². The number of ether oxygens (including phenoxy) is 1. The summed E-state index contributed by atoms with van der Waals surface area (Å²) in [5.41, 5.74) is 8.45. The lowest BCUT2D eigenvalue weighted by atomic mass is 9.83. The number of benzene rings is 2. The van der Waals surface area contributed by atoms with Crippen LogP contribution in [0.3, 0.4) is 0 Å². The minimum atomic E-state index is -0.876. The first-order valence-corrected chi connectivity index (χ1v) is 15.4. The molecule has 3 aromatic rings. The molecule has 4 N–H and O–H groups in total. The Bertz CT molecular complexity index is 1330. The van der Waals surface area contributed by atoms with Crippen LogP contribution in [0.2, 0.25) is 0 Å². The van der Waals surface area contributed by atoms with Crippen LogP contribution in [-0.4, -0.2) is 64.2 Å². The second-order valence-corrected chi connectivity index (χ2v) is 12.3. The monoisotopic (exact) mass is 590 g/mol. The van der Waals surface area contributed by atoms with Crippen LogP contribution < -0.4 is 11.1 Å². The third kappa shape index (κ3) is 8.35. The number of nitrogens with zero attached hydrogens (tertiary/aromatic N) is 2. The number of amides is 2. The zero-order valence-corrected chi connectivity index (χ0v) is 25.4. The van der Waals surface area contributed by atoms with E-state index in [2.05, 4.69) is 22.4 Å². The molecule has 1 aromatic heterocycles. The second kappa shape index (κ2) is 14.7. The number of carbonyl (C=O) groups is 2. The third-order valence-electron chi connectivity index (χ3n) is 7.68. The molecule has 5 atom stereocenters. The topological polar surface area (TPSA) is 118 Å². The highest BCUT2D eigenvalue weighted by molar-refractivity contribution is 7.13. The molecule has 0 bridgehead atoms. The smallest absolute Gasteiger partial charge is 0.248 e. The van der Waals surface area contributed by atoms with Crippen molar-refractivity contribution in [3.8, 4) is 10.6 Å². The van der Waals surface area contributed by atoms with Gasteiger partial charge in [0.15, 0.2) is 0 Å². The Hall–Kier alpha value is -3.37. The maximum Gasteiger partial charge on any atom is 0.248 e. The molecule has 0 radical (unpaired) electrons. The van der Waals surface area contributed by atoms with Gasteiger partial charge in [0.05, 0.1) is 31.4 Å². The molecule has 2 aromatic carbocycles. The fourth-order valence-corrected chi connectivity index (χ4v) is 5.80. The van der Waals surface area contributed by atoms with Crippen molar-refractivity contribution in [3.05, 3.63) is 89.5 Å². The van der Waals surface area contributed by atoms with Crippen LogP contribution in [0.25, 0.3) is 10.6 Å². The summed E-state index contributed by atoms with van der Waals surface area (Å²) in [7, 11) is 0. The molecule has 1 fully saturated rings. The minimum Gasteiger partial charge on any atom is -0.395 e. The highest BCUT2D eigenvalue weighted by Crippen LogP contribution is 2.30. The Kier molecular flexibility index (Phi) is 11.0. The Morgan fingerprint density at radius 2 is 1.98 bits per heavy atom. The quantitative estimate of drug-likeness (QED) is 0.255. The van der Waals surface area contributed by atoms with Crippen molar-refractivity contribution in [2.45, 2.75) is 70.9 Å². The van der Waals surface area contributed by atoms with Gasteiger partial charge < -0.3 is 25.8 Å². The summed E-state index contributed by atoms with van der Waals surface area (Å²) in [5, 5.41) is 16.2. The average Bonchev–Trinajstić information content (AvgIpc) is 3.71. The van der Waals surface area contributed by atoms with Crippen molar-refractivity contribution >= 4 is 23.2 Å². The lowest BCUT2D eigenvalue weighted by Crippen LogP contribution is -2.57. The zero-order chi connectivity index (χ0) is 30.1. The van der Waals surface area contributed by atoms with E-state index in [4.69, 9.17) is 10.5 Å². The number of rotatable bonds is 13. The maximum atomic E-state index is 13.9. The molecule has 1 unspecified atom stereocenters. The summed E-state index contributed by atoms with van der Waals surface area (Å²) >= 11 is 1.60. The Morgan fingerprint density at radius 3 is 2.67 bits per heavy atom. The van der Waals surface area contributed by atoms with Gasteiger partial charge in [0, 0.05) is 29.1 Å². The average molecular weight is 591 g/mol. The molecule has 1 aliphatic heterocycles. The fourth-order valence-electron chi connectivity index (χ4n) is 5.17. The number of likely N-dealkylation sites (tertiary alicyclic amines) is 1. The Labute approximate surface area is 252 Å². The fraction of sp³-hybridized carbons (Fsp3) is 0.424. The van der Waals surface area contributed by atoms with Crippen molar-refractivity contribution in [3.63, 3.8) is 0 Å². The summed E-state index contributed by atoms with van der Waals surface area (Å²) in [4.78, 5) is 32.7. The molecule has 8 nitrogen and oxygen atoms in total. The molecule has 42 heavy (non-hydrogen) atoms. The minimum absolute atomic E-state index is 0.0386. The highest BCUT2D eigenvalue weighted by atomic mass is 32.1. The van der Waals surface area contributed by atoms with Gasteiger partial charge in [0.1, 0.15) is 11.0 Å². The summed E-state index contributed by atoms with van der Waals surface area (Å²) in [6.45, 7) is 6.28. The normalized spacial score (nSPS) is 18.9. The van der Waals surface area contributed by atoms with E-state index in [0.29, 0.717) is 19.6 Å². The number of aliphatic hydroxyl groups is 1. The molecule has 4 rings (SSSR count). The molecule has 1 aliphatic rings. The molecule has 0 aliphatic carbocycles. The van der Waals surface area contributed by atoms with Gasteiger partial charge in [-0.2, -0.15) is 0 Å². The van der Waals surface area contributed by atoms with Crippen LogP contribution in [0.15, 0.2) is 78.3 Å². The van der Waals surface area contributed by atoms with Crippen molar-refractivity contribution in [2.24, 2.45) is 11.1 Å². The number of nitrogens with one attached hydrogen (secondary N) is 1. The van der Waals surface area contributed by atoms with E-state index in [1.54, 1.807) is 31.4 Å². The van der Waals surface area contributed by atoms with E-state index in [0.717, 1.165) is 34.5 Å². The third-order valence-corrected chi connectivity index (χ3v) is 8.50. The van der Waals surface area contributed by atoms with Crippen LogP contribution >= 0.6 is 11.3 Å². The molecule has 224 valence electrons. The van der Waals surface area contributed by atoms with Gasteiger partial charge in [-0.1, -0.05) is 67.6 Å². The number of aliphatic hydroxyl groups excluding tert-OH is 1. The lowest BCUT2D eigenvalue weighted by molar-refractivity contribution is -0.141. The van der Waals surface area contributed by atoms with Crippen LogP contribution in [0.1, 0.15) is 44.7 Å². The van der Waals surface area contributed by atoms with E-state index in [9.17, 15) is 14.7 Å². The Morgan fingerprint density at radius 1 is 1.21 bits per heavy atom. The SMILES string of the molecule is CC(OCc1ccccc1)[C@H](NC(=O)[C@H](C)N)C(=O)N1CCC[C@H]1/C=C/[C@](C)(CO)Cc1cccc(-c2nccs2)c1. The first-order chi connectivity index (χ1) is 20.2. The number of carbonyl (C=O) groups excluding carboxylic acids is 2. The molecule has 2 heterocycles. The van der Waals surface area contributed by atoms with Gasteiger partial charge in [-0.3, -0.25) is 9.59 Å². The predicted molar refractivity (Wildman–Crippen MR) is 167 cm³/mol. The first-order valence-electron chi connectivity index (χ1n) is 14.5. The first kappa shape index (κ1) is 31.6. The molecule has 0 spiro atoms. The number of nitrogens with two attached hydrogens (primary N) is 1. The number of hydrogen-bond donors (Lipinski definition) is 3. The highest BCUT2D eigenvalue weighted by Gasteiger charge is 2.37. The molecule has 9 heteroatoms. The molecular formula is C33H42N4O4S. The number of thiazole rings is 1. The Balaban J connectivity index is 1.47.